The highest BCUT2D eigenvalue weighted by Crippen LogP contribution is 2.27. The van der Waals surface area contributed by atoms with Crippen molar-refractivity contribution in [3.63, 3.8) is 0 Å². The summed E-state index contributed by atoms with van der Waals surface area (Å²) in [5.74, 6) is 0.646. The molecule has 0 N–H and O–H groups in total. The summed E-state index contributed by atoms with van der Waals surface area (Å²) < 4.78 is 27.0. The van der Waals surface area contributed by atoms with Gasteiger partial charge in [-0.2, -0.15) is 0 Å². The average Bonchev–Trinajstić information content (AvgIpc) is 3.33. The molecule has 28 heavy (non-hydrogen) atoms. The molecule has 0 saturated carbocycles. The third kappa shape index (κ3) is 4.21. The monoisotopic (exact) mass is 382 g/mol. The Morgan fingerprint density at radius 3 is 2.54 bits per heavy atom. The van der Waals surface area contributed by atoms with Gasteiger partial charge in [-0.1, -0.05) is 0 Å². The fraction of sp³-hybridized carbons (Fsp3) is 0.391. The highest BCUT2D eigenvalue weighted by Gasteiger charge is 2.12. The molecule has 2 aromatic carbocycles. The molecule has 1 aromatic heterocycles. The summed E-state index contributed by atoms with van der Waals surface area (Å²) in [6.45, 7) is 4.77. The Labute approximate surface area is 165 Å². The molecular formula is C23H27FN2O2. The minimum atomic E-state index is -0.230. The fourth-order valence-corrected chi connectivity index (χ4v) is 3.98. The van der Waals surface area contributed by atoms with E-state index in [1.54, 1.807) is 13.2 Å². The first-order valence-electron chi connectivity index (χ1n) is 9.99. The van der Waals surface area contributed by atoms with E-state index in [-0.39, 0.29) is 5.82 Å². The zero-order valence-corrected chi connectivity index (χ0v) is 16.4. The molecule has 1 saturated heterocycles. The molecule has 0 radical (unpaired) electrons. The first kappa shape index (κ1) is 19.0. The third-order valence-electron chi connectivity index (χ3n) is 5.31. The number of ether oxygens (including phenoxy) is 2. The van der Waals surface area contributed by atoms with Crippen molar-refractivity contribution in [3.05, 3.63) is 60.0 Å². The molecule has 2 heterocycles. The highest BCUT2D eigenvalue weighted by atomic mass is 19.1. The predicted molar refractivity (Wildman–Crippen MR) is 110 cm³/mol. The lowest BCUT2D eigenvalue weighted by molar-refractivity contribution is 0.180. The molecule has 0 bridgehead atoms. The number of rotatable bonds is 8. The maximum Gasteiger partial charge on any atom is 0.123 e. The van der Waals surface area contributed by atoms with E-state index in [1.807, 2.05) is 36.4 Å². The van der Waals surface area contributed by atoms with Crippen molar-refractivity contribution in [2.24, 2.45) is 0 Å². The van der Waals surface area contributed by atoms with E-state index in [9.17, 15) is 4.39 Å². The van der Waals surface area contributed by atoms with Crippen LogP contribution < -0.4 is 4.74 Å². The largest absolute Gasteiger partial charge is 0.494 e. The van der Waals surface area contributed by atoms with Crippen LogP contribution in [0.3, 0.4) is 0 Å². The van der Waals surface area contributed by atoms with E-state index in [4.69, 9.17) is 9.47 Å². The quantitative estimate of drug-likeness (QED) is 0.525. The van der Waals surface area contributed by atoms with Crippen LogP contribution in [0, 0.1) is 5.82 Å². The van der Waals surface area contributed by atoms with Crippen molar-refractivity contribution in [2.45, 2.75) is 25.9 Å². The Hall–Kier alpha value is -2.37. The van der Waals surface area contributed by atoms with Crippen LogP contribution in [0.5, 0.6) is 5.75 Å². The van der Waals surface area contributed by atoms with E-state index >= 15 is 0 Å². The summed E-state index contributed by atoms with van der Waals surface area (Å²) in [5, 5.41) is 0.870. The van der Waals surface area contributed by atoms with Crippen molar-refractivity contribution in [2.75, 3.05) is 33.4 Å². The van der Waals surface area contributed by atoms with E-state index in [0.717, 1.165) is 47.6 Å². The minimum Gasteiger partial charge on any atom is -0.494 e. The Morgan fingerprint density at radius 2 is 1.79 bits per heavy atom. The Bertz CT molecular complexity index is 914. The molecule has 1 aliphatic rings. The normalized spacial score (nSPS) is 14.8. The molecule has 0 amide bonds. The van der Waals surface area contributed by atoms with Crippen LogP contribution in [0.4, 0.5) is 4.39 Å². The summed E-state index contributed by atoms with van der Waals surface area (Å²) in [4.78, 5) is 2.50. The van der Waals surface area contributed by atoms with Crippen molar-refractivity contribution >= 4 is 10.9 Å². The summed E-state index contributed by atoms with van der Waals surface area (Å²) in [6, 6.07) is 14.9. The van der Waals surface area contributed by atoms with Crippen LogP contribution in [0.25, 0.3) is 16.6 Å². The van der Waals surface area contributed by atoms with E-state index in [2.05, 4.69) is 9.47 Å². The maximum absolute atomic E-state index is 13.6. The lowest BCUT2D eigenvalue weighted by Gasteiger charge is -2.15. The van der Waals surface area contributed by atoms with E-state index < -0.39 is 0 Å². The van der Waals surface area contributed by atoms with Crippen LogP contribution in [-0.4, -0.2) is 42.8 Å². The van der Waals surface area contributed by atoms with Crippen molar-refractivity contribution < 1.29 is 13.9 Å². The second kappa shape index (κ2) is 8.76. The number of likely N-dealkylation sites (tertiary alicyclic amines) is 1. The SMILES string of the molecule is COCc1cc2cc(F)ccc2n1-c1ccc(OCCCN2CCCC2)cc1. The number of nitrogens with zero attached hydrogens (tertiary/aromatic N) is 2. The standard InChI is InChI=1S/C23H27FN2O2/c1-27-17-21-16-18-15-19(24)5-10-23(18)26(21)20-6-8-22(9-7-20)28-14-4-13-25-11-2-3-12-25/h5-10,15-16H,2-4,11-14,17H2,1H3. The van der Waals surface area contributed by atoms with Gasteiger partial charge in [0, 0.05) is 30.4 Å². The third-order valence-corrected chi connectivity index (χ3v) is 5.31. The van der Waals surface area contributed by atoms with Crippen LogP contribution in [0.2, 0.25) is 0 Å². The Balaban J connectivity index is 1.46. The summed E-state index contributed by atoms with van der Waals surface area (Å²) in [5.41, 5.74) is 2.97. The minimum absolute atomic E-state index is 0.230. The number of halogens is 1. The van der Waals surface area contributed by atoms with Gasteiger partial charge in [0.2, 0.25) is 0 Å². The van der Waals surface area contributed by atoms with Gasteiger partial charge < -0.3 is 18.9 Å². The van der Waals surface area contributed by atoms with Gasteiger partial charge in [0.1, 0.15) is 11.6 Å². The molecule has 4 nitrogen and oxygen atoms in total. The number of fused-ring (bicyclic) bond motifs is 1. The summed E-state index contributed by atoms with van der Waals surface area (Å²) >= 11 is 0. The smallest absolute Gasteiger partial charge is 0.123 e. The van der Waals surface area contributed by atoms with Crippen molar-refractivity contribution in [1.82, 2.24) is 9.47 Å². The molecule has 0 spiro atoms. The molecule has 1 fully saturated rings. The van der Waals surface area contributed by atoms with Gasteiger partial charge in [-0.15, -0.1) is 0 Å². The second-order valence-electron chi connectivity index (χ2n) is 7.35. The van der Waals surface area contributed by atoms with Gasteiger partial charge in [0.05, 0.1) is 18.7 Å². The van der Waals surface area contributed by atoms with Crippen LogP contribution in [-0.2, 0) is 11.3 Å². The molecular weight excluding hydrogens is 355 g/mol. The van der Waals surface area contributed by atoms with Gasteiger partial charge in [-0.3, -0.25) is 0 Å². The van der Waals surface area contributed by atoms with Crippen molar-refractivity contribution in [1.29, 1.82) is 0 Å². The van der Waals surface area contributed by atoms with Crippen LogP contribution in [0.1, 0.15) is 25.0 Å². The molecule has 148 valence electrons. The van der Waals surface area contributed by atoms with Crippen LogP contribution >= 0.6 is 0 Å². The van der Waals surface area contributed by atoms with E-state index in [1.165, 1.54) is 32.0 Å². The molecule has 5 heteroatoms. The molecule has 0 aliphatic carbocycles. The number of benzene rings is 2. The molecule has 0 atom stereocenters. The number of hydrogen-bond acceptors (Lipinski definition) is 3. The lowest BCUT2D eigenvalue weighted by atomic mass is 10.2. The first-order chi connectivity index (χ1) is 13.7. The predicted octanol–water partition coefficient (Wildman–Crippen LogP) is 4.78. The van der Waals surface area contributed by atoms with Gasteiger partial charge in [-0.25, -0.2) is 4.39 Å². The molecule has 4 rings (SSSR count). The van der Waals surface area contributed by atoms with Crippen LogP contribution in [0.15, 0.2) is 48.5 Å². The van der Waals surface area contributed by atoms with Gasteiger partial charge >= 0.3 is 0 Å². The lowest BCUT2D eigenvalue weighted by Crippen LogP contribution is -2.21. The van der Waals surface area contributed by atoms with Gasteiger partial charge in [-0.05, 0) is 80.9 Å². The Kier molecular flexibility index (Phi) is 5.93. The fourth-order valence-electron chi connectivity index (χ4n) is 3.98. The van der Waals surface area contributed by atoms with Gasteiger partial charge in [0.25, 0.3) is 0 Å². The number of aromatic nitrogens is 1. The maximum atomic E-state index is 13.6. The van der Waals surface area contributed by atoms with Crippen molar-refractivity contribution in [3.8, 4) is 11.4 Å². The molecule has 1 aliphatic heterocycles. The van der Waals surface area contributed by atoms with Gasteiger partial charge in [0.15, 0.2) is 0 Å². The number of methoxy groups -OCH3 is 1. The van der Waals surface area contributed by atoms with E-state index in [0.29, 0.717) is 6.61 Å². The molecule has 3 aromatic rings. The highest BCUT2D eigenvalue weighted by molar-refractivity contribution is 5.83. The summed E-state index contributed by atoms with van der Waals surface area (Å²) in [6.07, 6.45) is 3.70. The summed E-state index contributed by atoms with van der Waals surface area (Å²) in [7, 11) is 1.67. The average molecular weight is 382 g/mol. The Morgan fingerprint density at radius 1 is 1.00 bits per heavy atom. The number of hydrogen-bond donors (Lipinski definition) is 0. The first-order valence-corrected chi connectivity index (χ1v) is 9.99. The molecule has 0 unspecified atom stereocenters. The topological polar surface area (TPSA) is 26.6 Å². The second-order valence-corrected chi connectivity index (χ2v) is 7.35. The zero-order valence-electron chi connectivity index (χ0n) is 16.4. The zero-order chi connectivity index (χ0) is 19.3.